The van der Waals surface area contributed by atoms with Crippen molar-refractivity contribution in [2.45, 2.75) is 18.9 Å². The lowest BCUT2D eigenvalue weighted by Crippen LogP contribution is -2.37. The Morgan fingerprint density at radius 2 is 2.20 bits per heavy atom. The van der Waals surface area contributed by atoms with Crippen molar-refractivity contribution in [1.29, 1.82) is 0 Å². The van der Waals surface area contributed by atoms with Gasteiger partial charge in [0, 0.05) is 19.2 Å². The van der Waals surface area contributed by atoms with E-state index in [1.807, 2.05) is 0 Å². The second-order valence-corrected chi connectivity index (χ2v) is 4.52. The quantitative estimate of drug-likeness (QED) is 0.635. The first-order valence-electron chi connectivity index (χ1n) is 6.25. The summed E-state index contributed by atoms with van der Waals surface area (Å²) in [5.74, 6) is -1.14. The highest BCUT2D eigenvalue weighted by molar-refractivity contribution is 5.68. The van der Waals surface area contributed by atoms with Crippen LogP contribution < -0.4 is 4.90 Å². The number of piperidine rings is 1. The molecule has 1 aromatic heterocycles. The van der Waals surface area contributed by atoms with Crippen LogP contribution in [0, 0.1) is 10.1 Å². The molecule has 20 heavy (non-hydrogen) atoms. The number of carboxylic acids is 1. The first-order valence-corrected chi connectivity index (χ1v) is 6.25. The summed E-state index contributed by atoms with van der Waals surface area (Å²) in [6, 6.07) is 3.05. The molecule has 1 saturated heterocycles. The molecule has 1 aromatic rings. The zero-order valence-corrected chi connectivity index (χ0v) is 10.8. The van der Waals surface area contributed by atoms with Gasteiger partial charge in [0.05, 0.1) is 11.8 Å². The van der Waals surface area contributed by atoms with E-state index in [-0.39, 0.29) is 18.5 Å². The van der Waals surface area contributed by atoms with Crippen LogP contribution in [0.25, 0.3) is 0 Å². The molecule has 0 unspecified atom stereocenters. The molecular weight excluding hydrogens is 266 g/mol. The second kappa shape index (κ2) is 6.29. The van der Waals surface area contributed by atoms with Gasteiger partial charge in [0.15, 0.2) is 6.20 Å². The minimum absolute atomic E-state index is 0.0478. The van der Waals surface area contributed by atoms with Gasteiger partial charge in [0.25, 0.3) is 0 Å². The Bertz CT molecular complexity index is 482. The van der Waals surface area contributed by atoms with E-state index >= 15 is 0 Å². The zero-order valence-electron chi connectivity index (χ0n) is 10.8. The number of nitro groups is 1. The first-order chi connectivity index (χ1) is 9.56. The topological polar surface area (TPSA) is 106 Å². The fourth-order valence-corrected chi connectivity index (χ4v) is 2.14. The lowest BCUT2D eigenvalue weighted by Gasteiger charge is -2.32. The number of aromatic nitrogens is 1. The van der Waals surface area contributed by atoms with Crippen LogP contribution >= 0.6 is 0 Å². The molecule has 0 radical (unpaired) electrons. The number of carbonyl (C=O) groups is 1. The number of aliphatic carboxylic acids is 1. The summed E-state index contributed by atoms with van der Waals surface area (Å²) in [5, 5.41) is 19.1. The van der Waals surface area contributed by atoms with Gasteiger partial charge < -0.3 is 24.9 Å². The average molecular weight is 281 g/mol. The van der Waals surface area contributed by atoms with Crippen LogP contribution in [-0.4, -0.2) is 46.8 Å². The van der Waals surface area contributed by atoms with Crippen LogP contribution in [0.5, 0.6) is 0 Å². The molecule has 0 spiro atoms. The van der Waals surface area contributed by atoms with E-state index < -0.39 is 10.9 Å². The van der Waals surface area contributed by atoms with Crippen molar-refractivity contribution in [1.82, 2.24) is 4.98 Å². The number of anilines is 1. The normalized spacial score (nSPS) is 16.1. The molecule has 1 N–H and O–H groups in total. The summed E-state index contributed by atoms with van der Waals surface area (Å²) in [6.07, 6.45) is 2.89. The van der Waals surface area contributed by atoms with Crippen LogP contribution in [0.1, 0.15) is 12.8 Å². The van der Waals surface area contributed by atoms with E-state index in [1.165, 1.54) is 12.3 Å². The van der Waals surface area contributed by atoms with Gasteiger partial charge in [-0.2, -0.15) is 0 Å². The predicted octanol–water partition coefficient (Wildman–Crippen LogP) is 1.06. The fourth-order valence-electron chi connectivity index (χ4n) is 2.14. The molecule has 1 aliphatic heterocycles. The predicted molar refractivity (Wildman–Crippen MR) is 69.7 cm³/mol. The number of hydrogen-bond donors (Lipinski definition) is 1. The maximum atomic E-state index is 10.5. The van der Waals surface area contributed by atoms with Crippen LogP contribution in [0.4, 0.5) is 11.5 Å². The lowest BCUT2D eigenvalue weighted by atomic mass is 10.1. The Balaban J connectivity index is 1.87. The van der Waals surface area contributed by atoms with Crippen LogP contribution in [0.3, 0.4) is 0 Å². The Morgan fingerprint density at radius 3 is 2.70 bits per heavy atom. The maximum Gasteiger partial charge on any atom is 0.363 e. The molecule has 0 aromatic carbocycles. The number of ether oxygens (including phenoxy) is 1. The van der Waals surface area contributed by atoms with Crippen LogP contribution in [0.2, 0.25) is 0 Å². The number of rotatable bonds is 5. The van der Waals surface area contributed by atoms with Gasteiger partial charge in [-0.3, -0.25) is 0 Å². The van der Waals surface area contributed by atoms with Gasteiger partial charge in [-0.25, -0.2) is 4.79 Å². The van der Waals surface area contributed by atoms with E-state index in [1.54, 1.807) is 6.07 Å². The summed E-state index contributed by atoms with van der Waals surface area (Å²) >= 11 is 0. The van der Waals surface area contributed by atoms with Crippen LogP contribution in [0.15, 0.2) is 18.3 Å². The maximum absolute atomic E-state index is 10.5. The molecule has 108 valence electrons. The molecule has 2 rings (SSSR count). The Labute approximate surface area is 115 Å². The third kappa shape index (κ3) is 3.64. The largest absolute Gasteiger partial charge is 0.480 e. The van der Waals surface area contributed by atoms with Crippen molar-refractivity contribution in [3.63, 3.8) is 0 Å². The van der Waals surface area contributed by atoms with E-state index in [0.29, 0.717) is 13.1 Å². The molecule has 0 atom stereocenters. The van der Waals surface area contributed by atoms with Gasteiger partial charge in [-0.1, -0.05) is 0 Å². The van der Waals surface area contributed by atoms with E-state index in [2.05, 4.69) is 9.88 Å². The summed E-state index contributed by atoms with van der Waals surface area (Å²) in [6.45, 7) is 1.15. The number of hydrogen-bond acceptors (Lipinski definition) is 6. The third-order valence-corrected chi connectivity index (χ3v) is 3.17. The Kier molecular flexibility index (Phi) is 4.46. The standard InChI is InChI=1S/C12H15N3O5/c16-12(17)8-20-10-3-5-14(6-4-10)9-1-2-11(13-7-9)15(18)19/h1-2,7,10H,3-6,8H2,(H,16,17). The summed E-state index contributed by atoms with van der Waals surface area (Å²) in [5.41, 5.74) is 0.826. The monoisotopic (exact) mass is 281 g/mol. The first kappa shape index (κ1) is 14.2. The molecule has 0 saturated carbocycles. The molecular formula is C12H15N3O5. The zero-order chi connectivity index (χ0) is 14.5. The van der Waals surface area contributed by atoms with Gasteiger partial charge in [-0.05, 0) is 28.8 Å². The highest BCUT2D eigenvalue weighted by Gasteiger charge is 2.21. The highest BCUT2D eigenvalue weighted by Crippen LogP contribution is 2.22. The van der Waals surface area contributed by atoms with Crippen molar-refractivity contribution in [2.75, 3.05) is 24.6 Å². The Hall–Kier alpha value is -2.22. The van der Waals surface area contributed by atoms with Crippen molar-refractivity contribution >= 4 is 17.5 Å². The summed E-state index contributed by atoms with van der Waals surface area (Å²) in [4.78, 5) is 26.2. The van der Waals surface area contributed by atoms with E-state index in [4.69, 9.17) is 9.84 Å². The number of nitrogens with zero attached hydrogens (tertiary/aromatic N) is 3. The third-order valence-electron chi connectivity index (χ3n) is 3.17. The fraction of sp³-hybridized carbons (Fsp3) is 0.500. The van der Waals surface area contributed by atoms with E-state index in [9.17, 15) is 14.9 Å². The molecule has 1 aliphatic rings. The van der Waals surface area contributed by atoms with Gasteiger partial charge in [0.1, 0.15) is 6.61 Å². The molecule has 0 aliphatic carbocycles. The van der Waals surface area contributed by atoms with Crippen molar-refractivity contribution in [3.8, 4) is 0 Å². The summed E-state index contributed by atoms with van der Waals surface area (Å²) in [7, 11) is 0. The molecule has 8 nitrogen and oxygen atoms in total. The van der Waals surface area contributed by atoms with Crippen molar-refractivity contribution in [2.24, 2.45) is 0 Å². The molecule has 0 bridgehead atoms. The van der Waals surface area contributed by atoms with Crippen LogP contribution in [-0.2, 0) is 9.53 Å². The lowest BCUT2D eigenvalue weighted by molar-refractivity contribution is -0.389. The van der Waals surface area contributed by atoms with Gasteiger partial charge in [-0.15, -0.1) is 0 Å². The summed E-state index contributed by atoms with van der Waals surface area (Å²) < 4.78 is 5.25. The molecule has 0 amide bonds. The van der Waals surface area contributed by atoms with E-state index in [0.717, 1.165) is 18.5 Å². The minimum atomic E-state index is -0.966. The SMILES string of the molecule is O=C(O)COC1CCN(c2ccc([N+](=O)[O-])nc2)CC1. The van der Waals surface area contributed by atoms with Crippen molar-refractivity contribution in [3.05, 3.63) is 28.4 Å². The van der Waals surface area contributed by atoms with Crippen molar-refractivity contribution < 1.29 is 19.6 Å². The molecule has 1 fully saturated rings. The minimum Gasteiger partial charge on any atom is -0.480 e. The smallest absolute Gasteiger partial charge is 0.363 e. The second-order valence-electron chi connectivity index (χ2n) is 4.52. The molecule has 8 heteroatoms. The Morgan fingerprint density at radius 1 is 1.50 bits per heavy atom. The highest BCUT2D eigenvalue weighted by atomic mass is 16.6. The van der Waals surface area contributed by atoms with Gasteiger partial charge in [0.2, 0.25) is 0 Å². The number of carboxylic acid groups (broad SMARTS) is 1. The molecule has 2 heterocycles. The van der Waals surface area contributed by atoms with Gasteiger partial charge >= 0.3 is 11.8 Å². The number of pyridine rings is 1. The average Bonchev–Trinajstić information content (AvgIpc) is 2.46.